The molecule has 0 aliphatic rings. The van der Waals surface area contributed by atoms with Crippen LogP contribution in [0.5, 0.6) is 0 Å². The average molecular weight is 281 g/mol. The van der Waals surface area contributed by atoms with E-state index in [9.17, 15) is 4.79 Å². The third-order valence-electron chi connectivity index (χ3n) is 1.98. The van der Waals surface area contributed by atoms with Crippen LogP contribution in [0.25, 0.3) is 11.0 Å². The van der Waals surface area contributed by atoms with Crippen molar-refractivity contribution in [2.75, 3.05) is 16.4 Å². The summed E-state index contributed by atoms with van der Waals surface area (Å²) in [7, 11) is 0. The van der Waals surface area contributed by atoms with E-state index in [1.807, 2.05) is 24.3 Å². The number of hydrogen-bond donors (Lipinski definition) is 2. The first-order chi connectivity index (χ1) is 7.70. The van der Waals surface area contributed by atoms with Gasteiger partial charge in [0.2, 0.25) is 5.91 Å². The lowest BCUT2D eigenvalue weighted by atomic mass is 10.3. The summed E-state index contributed by atoms with van der Waals surface area (Å²) in [5, 5.41) is 2.76. The zero-order valence-electron chi connectivity index (χ0n) is 8.27. The fourth-order valence-corrected chi connectivity index (χ4v) is 1.41. The third kappa shape index (κ3) is 2.11. The maximum atomic E-state index is 11.2. The second-order valence-electron chi connectivity index (χ2n) is 3.13. The van der Waals surface area contributed by atoms with Gasteiger partial charge in [-0.05, 0) is 12.1 Å². The molecule has 82 valence electrons. The van der Waals surface area contributed by atoms with Gasteiger partial charge in [-0.25, -0.2) is 9.97 Å². The smallest absolute Gasteiger partial charge is 0.236 e. The highest BCUT2D eigenvalue weighted by molar-refractivity contribution is 9.09. The second kappa shape index (κ2) is 4.44. The van der Waals surface area contributed by atoms with Gasteiger partial charge in [-0.15, -0.1) is 0 Å². The van der Waals surface area contributed by atoms with Crippen molar-refractivity contribution >= 4 is 44.5 Å². The zero-order chi connectivity index (χ0) is 11.5. The van der Waals surface area contributed by atoms with E-state index in [4.69, 9.17) is 5.73 Å². The van der Waals surface area contributed by atoms with E-state index in [0.29, 0.717) is 16.9 Å². The maximum Gasteiger partial charge on any atom is 0.236 e. The van der Waals surface area contributed by atoms with Crippen molar-refractivity contribution < 1.29 is 4.79 Å². The standard InChI is InChI=1S/C10H9BrN4O/c11-5-8(16)15-10-9(12)13-6-3-1-2-4-7(6)14-10/h1-4H,5H2,(H2,12,13)(H,14,15,16). The number of aromatic nitrogens is 2. The van der Waals surface area contributed by atoms with E-state index in [1.165, 1.54) is 0 Å². The second-order valence-corrected chi connectivity index (χ2v) is 3.69. The number of benzene rings is 1. The molecule has 0 atom stereocenters. The predicted octanol–water partition coefficient (Wildman–Crippen LogP) is 1.55. The van der Waals surface area contributed by atoms with Gasteiger partial charge in [-0.1, -0.05) is 28.1 Å². The molecule has 2 aromatic rings. The van der Waals surface area contributed by atoms with Crippen LogP contribution < -0.4 is 11.1 Å². The van der Waals surface area contributed by atoms with Gasteiger partial charge < -0.3 is 11.1 Å². The summed E-state index contributed by atoms with van der Waals surface area (Å²) in [6.07, 6.45) is 0. The van der Waals surface area contributed by atoms with Gasteiger partial charge in [0.25, 0.3) is 0 Å². The van der Waals surface area contributed by atoms with Crippen LogP contribution in [0.4, 0.5) is 11.6 Å². The van der Waals surface area contributed by atoms with E-state index < -0.39 is 0 Å². The van der Waals surface area contributed by atoms with Crippen LogP contribution in [-0.4, -0.2) is 21.2 Å². The minimum atomic E-state index is -0.212. The van der Waals surface area contributed by atoms with Gasteiger partial charge in [0, 0.05) is 0 Å². The number of hydrogen-bond acceptors (Lipinski definition) is 4. The number of fused-ring (bicyclic) bond motifs is 1. The molecule has 1 aromatic heterocycles. The van der Waals surface area contributed by atoms with E-state index in [1.54, 1.807) is 0 Å². The van der Waals surface area contributed by atoms with Crippen molar-refractivity contribution in [3.8, 4) is 0 Å². The van der Waals surface area contributed by atoms with Crippen LogP contribution in [0.1, 0.15) is 0 Å². The molecule has 3 N–H and O–H groups in total. The van der Waals surface area contributed by atoms with Gasteiger partial charge in [-0.2, -0.15) is 0 Å². The Morgan fingerprint density at radius 2 is 1.94 bits per heavy atom. The highest BCUT2D eigenvalue weighted by atomic mass is 79.9. The summed E-state index contributed by atoms with van der Waals surface area (Å²) < 4.78 is 0. The number of amides is 1. The lowest BCUT2D eigenvalue weighted by molar-refractivity contribution is -0.113. The molecule has 0 saturated carbocycles. The van der Waals surface area contributed by atoms with Gasteiger partial charge in [0.05, 0.1) is 16.4 Å². The zero-order valence-corrected chi connectivity index (χ0v) is 9.86. The van der Waals surface area contributed by atoms with E-state index in [0.717, 1.165) is 0 Å². The Hall–Kier alpha value is -1.69. The van der Waals surface area contributed by atoms with E-state index in [2.05, 4.69) is 31.2 Å². The number of nitrogens with two attached hydrogens (primary N) is 1. The van der Waals surface area contributed by atoms with Crippen molar-refractivity contribution in [2.45, 2.75) is 0 Å². The first-order valence-corrected chi connectivity index (χ1v) is 5.71. The minimum Gasteiger partial charge on any atom is -0.381 e. The monoisotopic (exact) mass is 280 g/mol. The molecule has 0 aliphatic carbocycles. The first kappa shape index (κ1) is 10.8. The molecule has 5 nitrogen and oxygen atoms in total. The van der Waals surface area contributed by atoms with Crippen molar-refractivity contribution in [2.24, 2.45) is 0 Å². The first-order valence-electron chi connectivity index (χ1n) is 4.59. The third-order valence-corrected chi connectivity index (χ3v) is 2.49. The number of carbonyl (C=O) groups excluding carboxylic acids is 1. The summed E-state index contributed by atoms with van der Waals surface area (Å²) in [4.78, 5) is 19.6. The van der Waals surface area contributed by atoms with Crippen molar-refractivity contribution in [1.82, 2.24) is 9.97 Å². The molecule has 0 fully saturated rings. The minimum absolute atomic E-state index is 0.195. The molecule has 0 bridgehead atoms. The summed E-state index contributed by atoms with van der Waals surface area (Å²) >= 11 is 3.05. The van der Waals surface area contributed by atoms with E-state index >= 15 is 0 Å². The number of anilines is 2. The number of nitrogen functional groups attached to an aromatic ring is 1. The van der Waals surface area contributed by atoms with Crippen molar-refractivity contribution in [3.05, 3.63) is 24.3 Å². The molecular weight excluding hydrogens is 272 g/mol. The average Bonchev–Trinajstić information content (AvgIpc) is 2.30. The number of carbonyl (C=O) groups is 1. The number of alkyl halides is 1. The van der Waals surface area contributed by atoms with Crippen LogP contribution in [0.3, 0.4) is 0 Å². The Bertz CT molecular complexity index is 543. The Morgan fingerprint density at radius 1 is 1.31 bits per heavy atom. The molecule has 2 rings (SSSR count). The number of rotatable bonds is 2. The number of halogens is 1. The quantitative estimate of drug-likeness (QED) is 0.818. The highest BCUT2D eigenvalue weighted by Crippen LogP contribution is 2.18. The highest BCUT2D eigenvalue weighted by Gasteiger charge is 2.08. The largest absolute Gasteiger partial charge is 0.381 e. The summed E-state index contributed by atoms with van der Waals surface area (Å²) in [6, 6.07) is 7.33. The molecule has 1 heterocycles. The molecule has 0 saturated heterocycles. The number of nitrogens with one attached hydrogen (secondary N) is 1. The van der Waals surface area contributed by atoms with Crippen LogP contribution in [0.15, 0.2) is 24.3 Å². The molecule has 0 spiro atoms. The number of nitrogens with zero attached hydrogens (tertiary/aromatic N) is 2. The molecule has 0 unspecified atom stereocenters. The Balaban J connectivity index is 2.46. The fraction of sp³-hybridized carbons (Fsp3) is 0.100. The van der Waals surface area contributed by atoms with Gasteiger partial charge in [0.1, 0.15) is 0 Å². The van der Waals surface area contributed by atoms with Crippen LogP contribution in [0, 0.1) is 0 Å². The normalized spacial score (nSPS) is 10.3. The molecule has 0 aliphatic heterocycles. The Kier molecular flexibility index (Phi) is 3.00. The van der Waals surface area contributed by atoms with Gasteiger partial charge in [0.15, 0.2) is 11.6 Å². The molecule has 1 amide bonds. The molecule has 6 heteroatoms. The lowest BCUT2D eigenvalue weighted by Crippen LogP contribution is -2.15. The summed E-state index contributed by atoms with van der Waals surface area (Å²) in [6.45, 7) is 0. The lowest BCUT2D eigenvalue weighted by Gasteiger charge is -2.06. The van der Waals surface area contributed by atoms with Gasteiger partial charge >= 0.3 is 0 Å². The summed E-state index contributed by atoms with van der Waals surface area (Å²) in [5.74, 6) is 0.299. The van der Waals surface area contributed by atoms with E-state index in [-0.39, 0.29) is 17.1 Å². The topological polar surface area (TPSA) is 80.9 Å². The molecule has 1 aromatic carbocycles. The van der Waals surface area contributed by atoms with Crippen molar-refractivity contribution in [1.29, 1.82) is 0 Å². The SMILES string of the molecule is Nc1nc2ccccc2nc1NC(=O)CBr. The van der Waals surface area contributed by atoms with Crippen LogP contribution in [-0.2, 0) is 4.79 Å². The van der Waals surface area contributed by atoms with Crippen LogP contribution >= 0.6 is 15.9 Å². The molecule has 0 radical (unpaired) electrons. The summed E-state index contributed by atoms with van der Waals surface area (Å²) in [5.41, 5.74) is 7.09. The predicted molar refractivity (Wildman–Crippen MR) is 66.4 cm³/mol. The molecular formula is C10H9BrN4O. The van der Waals surface area contributed by atoms with Gasteiger partial charge in [-0.3, -0.25) is 4.79 Å². The van der Waals surface area contributed by atoms with Crippen LogP contribution in [0.2, 0.25) is 0 Å². The molecule has 16 heavy (non-hydrogen) atoms. The van der Waals surface area contributed by atoms with Crippen molar-refractivity contribution in [3.63, 3.8) is 0 Å². The maximum absolute atomic E-state index is 11.2. The Labute approximate surface area is 100 Å². The fourth-order valence-electron chi connectivity index (χ4n) is 1.27. The number of para-hydroxylation sites is 2. The Morgan fingerprint density at radius 3 is 2.56 bits per heavy atom.